The van der Waals surface area contributed by atoms with Gasteiger partial charge >= 0.3 is 6.09 Å². The van der Waals surface area contributed by atoms with Gasteiger partial charge in [-0.15, -0.1) is 0 Å². The predicted octanol–water partition coefficient (Wildman–Crippen LogP) is 6.99. The Bertz CT molecular complexity index is 256. The fourth-order valence-electron chi connectivity index (χ4n) is 3.05. The van der Waals surface area contributed by atoms with Crippen LogP contribution in [-0.4, -0.2) is 19.2 Å². The maximum Gasteiger partial charge on any atom is 0.407 e. The third-order valence-electron chi connectivity index (χ3n) is 4.58. The molecule has 0 saturated carbocycles. The van der Waals surface area contributed by atoms with Crippen molar-refractivity contribution >= 4 is 6.09 Å². The number of carbonyl (C=O) groups excluding carboxylic acids is 1. The highest BCUT2D eigenvalue weighted by molar-refractivity contribution is 5.66. The Hall–Kier alpha value is -0.730. The van der Waals surface area contributed by atoms with Crippen molar-refractivity contribution in [2.24, 2.45) is 0 Å². The van der Waals surface area contributed by atoms with Crippen LogP contribution in [0, 0.1) is 0 Å². The number of carbonyl (C=O) groups is 1. The zero-order valence-corrected chi connectivity index (χ0v) is 16.5. The van der Waals surface area contributed by atoms with Gasteiger partial charge in [0.05, 0.1) is 6.61 Å². The number of alkyl carbamates (subject to hydrolysis) is 1. The molecule has 0 aromatic rings. The minimum atomic E-state index is -0.279. The molecule has 24 heavy (non-hydrogen) atoms. The molecule has 3 heteroatoms. The first-order valence-electron chi connectivity index (χ1n) is 10.7. The van der Waals surface area contributed by atoms with Crippen molar-refractivity contribution in [2.45, 2.75) is 117 Å². The normalized spacial score (nSPS) is 10.8. The zero-order chi connectivity index (χ0) is 17.7. The van der Waals surface area contributed by atoms with Gasteiger partial charge in [0.25, 0.3) is 0 Å². The summed E-state index contributed by atoms with van der Waals surface area (Å²) in [7, 11) is 0. The Morgan fingerprint density at radius 2 is 1.00 bits per heavy atom. The van der Waals surface area contributed by atoms with Gasteiger partial charge in [0.1, 0.15) is 0 Å². The van der Waals surface area contributed by atoms with Crippen molar-refractivity contribution in [3.63, 3.8) is 0 Å². The Kier molecular flexibility index (Phi) is 19.7. The van der Waals surface area contributed by atoms with Crippen molar-refractivity contribution < 1.29 is 9.53 Å². The average Bonchev–Trinajstić information content (AvgIpc) is 2.58. The van der Waals surface area contributed by atoms with Crippen molar-refractivity contribution in [1.82, 2.24) is 5.32 Å². The molecule has 0 unspecified atom stereocenters. The molecule has 0 aliphatic rings. The minimum Gasteiger partial charge on any atom is -0.450 e. The standard InChI is InChI=1S/C21H43NO2/c1-3-5-6-7-8-9-10-11-12-13-14-15-16-17-18-19-20-22-21(23)24-4-2/h3-20H2,1-2H3,(H,22,23). The van der Waals surface area contributed by atoms with Gasteiger partial charge in [0.15, 0.2) is 0 Å². The molecule has 0 fully saturated rings. The van der Waals surface area contributed by atoms with Crippen LogP contribution in [0.25, 0.3) is 0 Å². The lowest BCUT2D eigenvalue weighted by Gasteiger charge is -2.05. The van der Waals surface area contributed by atoms with Crippen LogP contribution in [0.1, 0.15) is 117 Å². The van der Waals surface area contributed by atoms with Crippen molar-refractivity contribution in [2.75, 3.05) is 13.2 Å². The van der Waals surface area contributed by atoms with E-state index in [0.717, 1.165) is 13.0 Å². The Morgan fingerprint density at radius 3 is 1.38 bits per heavy atom. The van der Waals surface area contributed by atoms with E-state index in [-0.39, 0.29) is 6.09 Å². The van der Waals surface area contributed by atoms with Gasteiger partial charge in [-0.2, -0.15) is 0 Å². The number of hydrogen-bond acceptors (Lipinski definition) is 2. The Balaban J connectivity index is 3.01. The van der Waals surface area contributed by atoms with Gasteiger partial charge in [-0.05, 0) is 13.3 Å². The highest BCUT2D eigenvalue weighted by Crippen LogP contribution is 2.13. The number of rotatable bonds is 18. The molecular weight excluding hydrogens is 298 g/mol. The van der Waals surface area contributed by atoms with Crippen LogP contribution in [0.3, 0.4) is 0 Å². The van der Waals surface area contributed by atoms with E-state index in [2.05, 4.69) is 12.2 Å². The monoisotopic (exact) mass is 341 g/mol. The molecule has 0 atom stereocenters. The maximum absolute atomic E-state index is 11.1. The SMILES string of the molecule is CCCCCCCCCCCCCCCCCCNC(=O)OCC. The van der Waals surface area contributed by atoms with Crippen LogP contribution in [0.15, 0.2) is 0 Å². The summed E-state index contributed by atoms with van der Waals surface area (Å²) >= 11 is 0. The largest absolute Gasteiger partial charge is 0.450 e. The zero-order valence-electron chi connectivity index (χ0n) is 16.5. The Labute approximate surface area is 151 Å². The molecule has 0 bridgehead atoms. The van der Waals surface area contributed by atoms with Crippen LogP contribution >= 0.6 is 0 Å². The van der Waals surface area contributed by atoms with Gasteiger partial charge < -0.3 is 10.1 Å². The number of nitrogens with one attached hydrogen (secondary N) is 1. The molecular formula is C21H43NO2. The van der Waals surface area contributed by atoms with Crippen molar-refractivity contribution in [1.29, 1.82) is 0 Å². The van der Waals surface area contributed by atoms with E-state index in [1.54, 1.807) is 0 Å². The summed E-state index contributed by atoms with van der Waals surface area (Å²) in [6.45, 7) is 5.31. The van der Waals surface area contributed by atoms with E-state index in [9.17, 15) is 4.79 Å². The van der Waals surface area contributed by atoms with E-state index in [0.29, 0.717) is 6.61 Å². The van der Waals surface area contributed by atoms with Crippen LogP contribution in [0.4, 0.5) is 4.79 Å². The van der Waals surface area contributed by atoms with E-state index in [4.69, 9.17) is 4.74 Å². The lowest BCUT2D eigenvalue weighted by Crippen LogP contribution is -2.25. The number of amides is 1. The second-order valence-corrected chi connectivity index (χ2v) is 6.95. The second kappa shape index (κ2) is 20.3. The fraction of sp³-hybridized carbons (Fsp3) is 0.952. The topological polar surface area (TPSA) is 38.3 Å². The summed E-state index contributed by atoms with van der Waals surface area (Å²) in [4.78, 5) is 11.1. The minimum absolute atomic E-state index is 0.279. The highest BCUT2D eigenvalue weighted by Gasteiger charge is 1.98. The molecule has 0 aromatic heterocycles. The smallest absolute Gasteiger partial charge is 0.407 e. The molecule has 0 saturated heterocycles. The average molecular weight is 342 g/mol. The molecule has 0 radical (unpaired) electrons. The van der Waals surface area contributed by atoms with E-state index in [1.807, 2.05) is 6.92 Å². The number of hydrogen-bond donors (Lipinski definition) is 1. The van der Waals surface area contributed by atoms with Crippen LogP contribution in [-0.2, 0) is 4.74 Å². The number of ether oxygens (including phenoxy) is 1. The van der Waals surface area contributed by atoms with Crippen LogP contribution in [0.2, 0.25) is 0 Å². The summed E-state index contributed by atoms with van der Waals surface area (Å²) in [6, 6.07) is 0. The molecule has 0 aliphatic carbocycles. The number of unbranched alkanes of at least 4 members (excludes halogenated alkanes) is 15. The van der Waals surface area contributed by atoms with E-state index < -0.39 is 0 Å². The first-order valence-corrected chi connectivity index (χ1v) is 10.7. The third kappa shape index (κ3) is 19.3. The van der Waals surface area contributed by atoms with Gasteiger partial charge in [0, 0.05) is 6.54 Å². The lowest BCUT2D eigenvalue weighted by atomic mass is 10.0. The third-order valence-corrected chi connectivity index (χ3v) is 4.58. The molecule has 0 rings (SSSR count). The van der Waals surface area contributed by atoms with E-state index in [1.165, 1.54) is 96.3 Å². The highest BCUT2D eigenvalue weighted by atomic mass is 16.5. The second-order valence-electron chi connectivity index (χ2n) is 6.95. The van der Waals surface area contributed by atoms with Crippen LogP contribution in [0.5, 0.6) is 0 Å². The van der Waals surface area contributed by atoms with Gasteiger partial charge in [-0.3, -0.25) is 0 Å². The van der Waals surface area contributed by atoms with Crippen molar-refractivity contribution in [3.05, 3.63) is 0 Å². The quantitative estimate of drug-likeness (QED) is 0.273. The molecule has 1 N–H and O–H groups in total. The summed E-state index contributed by atoms with van der Waals surface area (Å²) in [5.41, 5.74) is 0. The molecule has 0 aromatic carbocycles. The first-order chi connectivity index (χ1) is 11.8. The lowest BCUT2D eigenvalue weighted by molar-refractivity contribution is 0.152. The summed E-state index contributed by atoms with van der Waals surface area (Å²) in [5.74, 6) is 0. The van der Waals surface area contributed by atoms with E-state index >= 15 is 0 Å². The first kappa shape index (κ1) is 23.3. The molecule has 0 spiro atoms. The van der Waals surface area contributed by atoms with Gasteiger partial charge in [0.2, 0.25) is 0 Å². The Morgan fingerprint density at radius 1 is 0.625 bits per heavy atom. The molecule has 0 aliphatic heterocycles. The van der Waals surface area contributed by atoms with Gasteiger partial charge in [-0.25, -0.2) is 4.79 Å². The summed E-state index contributed by atoms with van der Waals surface area (Å²) in [5, 5.41) is 2.77. The van der Waals surface area contributed by atoms with Crippen LogP contribution < -0.4 is 5.32 Å². The molecule has 0 heterocycles. The molecule has 3 nitrogen and oxygen atoms in total. The summed E-state index contributed by atoms with van der Waals surface area (Å²) < 4.78 is 4.82. The summed E-state index contributed by atoms with van der Waals surface area (Å²) in [6.07, 6.45) is 21.7. The predicted molar refractivity (Wildman–Crippen MR) is 105 cm³/mol. The van der Waals surface area contributed by atoms with Gasteiger partial charge in [-0.1, -0.05) is 103 Å². The fourth-order valence-corrected chi connectivity index (χ4v) is 3.05. The molecule has 144 valence electrons. The molecule has 1 amide bonds. The maximum atomic E-state index is 11.1. The van der Waals surface area contributed by atoms with Crippen molar-refractivity contribution in [3.8, 4) is 0 Å².